The molecule has 0 bridgehead atoms. The van der Waals surface area contributed by atoms with Crippen LogP contribution in [-0.2, 0) is 4.79 Å². The van der Waals surface area contributed by atoms with E-state index in [1.54, 1.807) is 17.0 Å². The number of carbonyl (C=O) groups is 1. The molecule has 0 saturated carbocycles. The lowest BCUT2D eigenvalue weighted by Crippen LogP contribution is -2.24. The number of anilines is 1. The Morgan fingerprint density at radius 3 is 2.71 bits per heavy atom. The number of amides is 1. The molecule has 1 aromatic heterocycles. The van der Waals surface area contributed by atoms with Gasteiger partial charge in [-0.2, -0.15) is 12.6 Å². The summed E-state index contributed by atoms with van der Waals surface area (Å²) < 4.78 is 0. The second kappa shape index (κ2) is 3.66. The number of benzene rings is 1. The molecule has 1 atom stereocenters. The van der Waals surface area contributed by atoms with Crippen molar-refractivity contribution in [1.82, 2.24) is 9.97 Å². The fraction of sp³-hybridized carbons (Fsp3) is 0.273. The number of fused-ring (bicyclic) bond motifs is 1. The van der Waals surface area contributed by atoms with E-state index in [0.717, 1.165) is 11.2 Å². The van der Waals surface area contributed by atoms with E-state index in [1.807, 2.05) is 6.07 Å². The molecule has 0 spiro atoms. The monoisotopic (exact) mass is 249 g/mol. The summed E-state index contributed by atoms with van der Waals surface area (Å²) in [7, 11) is 0. The Hall–Kier alpha value is -1.69. The lowest BCUT2D eigenvalue weighted by molar-refractivity contribution is -0.117. The van der Waals surface area contributed by atoms with E-state index in [9.17, 15) is 9.59 Å². The molecular weight excluding hydrogens is 238 g/mol. The van der Waals surface area contributed by atoms with Crippen LogP contribution in [0.4, 0.5) is 5.69 Å². The lowest BCUT2D eigenvalue weighted by atomic mass is 10.2. The minimum Gasteiger partial charge on any atom is -0.311 e. The molecule has 1 aliphatic heterocycles. The van der Waals surface area contributed by atoms with Gasteiger partial charge in [0, 0.05) is 23.9 Å². The maximum Gasteiger partial charge on any atom is 0.323 e. The molecule has 6 heteroatoms. The summed E-state index contributed by atoms with van der Waals surface area (Å²) in [6, 6.07) is 5.43. The molecule has 2 N–H and O–H groups in total. The van der Waals surface area contributed by atoms with Gasteiger partial charge in [-0.1, -0.05) is 0 Å². The molecule has 1 fully saturated rings. The molecule has 1 aromatic carbocycles. The maximum absolute atomic E-state index is 11.7. The van der Waals surface area contributed by atoms with Crippen LogP contribution < -0.4 is 10.6 Å². The summed E-state index contributed by atoms with van der Waals surface area (Å²) in [5, 5.41) is 0.0865. The van der Waals surface area contributed by atoms with Crippen molar-refractivity contribution in [1.29, 1.82) is 0 Å². The number of thiol groups is 1. The van der Waals surface area contributed by atoms with Crippen molar-refractivity contribution in [3.63, 3.8) is 0 Å². The predicted octanol–water partition coefficient (Wildman–Crippen LogP) is 0.891. The largest absolute Gasteiger partial charge is 0.323 e. The number of hydrogen-bond donors (Lipinski definition) is 3. The third-order valence-electron chi connectivity index (χ3n) is 2.92. The first-order valence-electron chi connectivity index (χ1n) is 5.34. The zero-order chi connectivity index (χ0) is 12.0. The van der Waals surface area contributed by atoms with E-state index in [2.05, 4.69) is 22.6 Å². The Kier molecular flexibility index (Phi) is 2.25. The number of hydrogen-bond acceptors (Lipinski definition) is 3. The molecule has 3 rings (SSSR count). The van der Waals surface area contributed by atoms with Crippen LogP contribution in [0.25, 0.3) is 11.0 Å². The molecule has 2 aromatic rings. The average Bonchev–Trinajstić information content (AvgIpc) is 2.78. The second-order valence-corrected chi connectivity index (χ2v) is 4.90. The first-order valence-corrected chi connectivity index (χ1v) is 5.85. The van der Waals surface area contributed by atoms with Crippen molar-refractivity contribution in [2.45, 2.75) is 11.7 Å². The number of nitrogens with zero attached hydrogens (tertiary/aromatic N) is 1. The van der Waals surface area contributed by atoms with Crippen LogP contribution in [0.2, 0.25) is 0 Å². The van der Waals surface area contributed by atoms with Gasteiger partial charge in [0.25, 0.3) is 0 Å². The molecule has 0 aliphatic carbocycles. The smallest absolute Gasteiger partial charge is 0.311 e. The van der Waals surface area contributed by atoms with E-state index >= 15 is 0 Å². The SMILES string of the molecule is O=C1CC(S)CN1c1ccc2[nH]c(=O)[nH]c2c1. The quantitative estimate of drug-likeness (QED) is 0.657. The highest BCUT2D eigenvalue weighted by molar-refractivity contribution is 7.81. The van der Waals surface area contributed by atoms with Crippen molar-refractivity contribution in [3.05, 3.63) is 28.7 Å². The van der Waals surface area contributed by atoms with Crippen molar-refractivity contribution in [2.75, 3.05) is 11.4 Å². The molecule has 0 radical (unpaired) electrons. The molecule has 1 saturated heterocycles. The Morgan fingerprint density at radius 1 is 1.24 bits per heavy atom. The van der Waals surface area contributed by atoms with E-state index in [4.69, 9.17) is 0 Å². The number of aromatic nitrogens is 2. The summed E-state index contributed by atoms with van der Waals surface area (Å²) in [6.45, 7) is 0.613. The number of nitrogens with one attached hydrogen (secondary N) is 2. The van der Waals surface area contributed by atoms with Crippen LogP contribution in [0.1, 0.15) is 6.42 Å². The van der Waals surface area contributed by atoms with Crippen LogP contribution in [0.3, 0.4) is 0 Å². The topological polar surface area (TPSA) is 69.0 Å². The molecule has 17 heavy (non-hydrogen) atoms. The van der Waals surface area contributed by atoms with Gasteiger partial charge in [0.15, 0.2) is 0 Å². The van der Waals surface area contributed by atoms with Gasteiger partial charge in [-0.25, -0.2) is 4.79 Å². The van der Waals surface area contributed by atoms with Gasteiger partial charge >= 0.3 is 5.69 Å². The normalized spacial score (nSPS) is 20.4. The molecule has 2 heterocycles. The fourth-order valence-corrected chi connectivity index (χ4v) is 2.45. The molecule has 1 amide bonds. The van der Waals surface area contributed by atoms with Crippen LogP contribution >= 0.6 is 12.6 Å². The van der Waals surface area contributed by atoms with Gasteiger partial charge < -0.3 is 14.9 Å². The number of rotatable bonds is 1. The van der Waals surface area contributed by atoms with Gasteiger partial charge in [0.05, 0.1) is 11.0 Å². The van der Waals surface area contributed by atoms with E-state index < -0.39 is 0 Å². The molecular formula is C11H11N3O2S. The minimum atomic E-state index is -0.239. The first kappa shape index (κ1) is 10.5. The van der Waals surface area contributed by atoms with Gasteiger partial charge in [-0.15, -0.1) is 0 Å². The Morgan fingerprint density at radius 2 is 2.00 bits per heavy atom. The van der Waals surface area contributed by atoms with Crippen molar-refractivity contribution in [2.24, 2.45) is 0 Å². The van der Waals surface area contributed by atoms with E-state index in [1.165, 1.54) is 0 Å². The molecule has 5 nitrogen and oxygen atoms in total. The third-order valence-corrected chi connectivity index (χ3v) is 3.26. The molecule has 1 aliphatic rings. The first-order chi connectivity index (χ1) is 8.13. The second-order valence-electron chi connectivity index (χ2n) is 4.17. The maximum atomic E-state index is 11.7. The molecule has 88 valence electrons. The van der Waals surface area contributed by atoms with Gasteiger partial charge in [-0.05, 0) is 18.2 Å². The van der Waals surface area contributed by atoms with Gasteiger partial charge in [0.2, 0.25) is 5.91 Å². The Bertz CT molecular complexity index is 645. The third kappa shape index (κ3) is 1.74. The standard InChI is InChI=1S/C11H11N3O2S/c15-10-4-7(17)5-14(10)6-1-2-8-9(3-6)13-11(16)12-8/h1-3,7,17H,4-5H2,(H2,12,13,16). The highest BCUT2D eigenvalue weighted by Crippen LogP contribution is 2.25. The van der Waals surface area contributed by atoms with Crippen LogP contribution in [0, 0.1) is 0 Å². The minimum absolute atomic E-state index is 0.0715. The highest BCUT2D eigenvalue weighted by atomic mass is 32.1. The van der Waals surface area contributed by atoms with Crippen molar-refractivity contribution in [3.8, 4) is 0 Å². The lowest BCUT2D eigenvalue weighted by Gasteiger charge is -2.15. The highest BCUT2D eigenvalue weighted by Gasteiger charge is 2.28. The van der Waals surface area contributed by atoms with Crippen molar-refractivity contribution >= 4 is 35.3 Å². The van der Waals surface area contributed by atoms with Gasteiger partial charge in [0.1, 0.15) is 0 Å². The van der Waals surface area contributed by atoms with Crippen LogP contribution in [0.5, 0.6) is 0 Å². The van der Waals surface area contributed by atoms with Crippen LogP contribution in [0.15, 0.2) is 23.0 Å². The number of imidazole rings is 1. The Labute approximate surface area is 102 Å². The zero-order valence-electron chi connectivity index (χ0n) is 8.93. The Balaban J connectivity index is 2.06. The van der Waals surface area contributed by atoms with E-state index in [0.29, 0.717) is 18.5 Å². The van der Waals surface area contributed by atoms with E-state index in [-0.39, 0.29) is 16.8 Å². The number of aromatic amines is 2. The predicted molar refractivity (Wildman–Crippen MR) is 68.7 cm³/mol. The molecule has 1 unspecified atom stereocenters. The fourth-order valence-electron chi connectivity index (χ4n) is 2.13. The summed E-state index contributed by atoms with van der Waals surface area (Å²) in [5.41, 5.74) is 2.02. The summed E-state index contributed by atoms with van der Waals surface area (Å²) >= 11 is 4.31. The van der Waals surface area contributed by atoms with Crippen LogP contribution in [-0.4, -0.2) is 27.7 Å². The number of H-pyrrole nitrogens is 2. The average molecular weight is 249 g/mol. The number of carbonyl (C=O) groups excluding carboxylic acids is 1. The summed E-state index contributed by atoms with van der Waals surface area (Å²) in [6.07, 6.45) is 0.463. The van der Waals surface area contributed by atoms with Crippen molar-refractivity contribution < 1.29 is 4.79 Å². The summed E-state index contributed by atoms with van der Waals surface area (Å²) in [4.78, 5) is 29.9. The zero-order valence-corrected chi connectivity index (χ0v) is 9.83. The van der Waals surface area contributed by atoms with Gasteiger partial charge in [-0.3, -0.25) is 4.79 Å². The summed E-state index contributed by atoms with van der Waals surface area (Å²) in [5.74, 6) is 0.0715.